The van der Waals surface area contributed by atoms with Gasteiger partial charge in [0.1, 0.15) is 5.75 Å². The number of piperidine rings is 1. The van der Waals surface area contributed by atoms with E-state index in [0.717, 1.165) is 43.5 Å². The lowest BCUT2D eigenvalue weighted by atomic mass is 9.92. The summed E-state index contributed by atoms with van der Waals surface area (Å²) in [5.74, 6) is 3.12. The SMILES string of the molecule is CC1CC(C)CN(CCCN=C(N)NC2CCOc3ccccc32)C1.I. The van der Waals surface area contributed by atoms with Crippen LogP contribution in [-0.2, 0) is 0 Å². The quantitative estimate of drug-likeness (QED) is 0.299. The summed E-state index contributed by atoms with van der Waals surface area (Å²) in [6.45, 7) is 9.77. The van der Waals surface area contributed by atoms with E-state index in [-0.39, 0.29) is 30.0 Å². The van der Waals surface area contributed by atoms with Gasteiger partial charge in [-0.05, 0) is 37.3 Å². The molecule has 1 aromatic carbocycles. The monoisotopic (exact) mass is 472 g/mol. The first-order valence-corrected chi connectivity index (χ1v) is 9.62. The van der Waals surface area contributed by atoms with Crippen LogP contribution in [0.3, 0.4) is 0 Å². The average molecular weight is 472 g/mol. The smallest absolute Gasteiger partial charge is 0.189 e. The number of para-hydroxylation sites is 1. The molecule has 6 heteroatoms. The summed E-state index contributed by atoms with van der Waals surface area (Å²) in [5, 5.41) is 3.36. The number of hydrogen-bond donors (Lipinski definition) is 2. The Morgan fingerprint density at radius 3 is 2.77 bits per heavy atom. The van der Waals surface area contributed by atoms with E-state index in [1.807, 2.05) is 18.2 Å². The van der Waals surface area contributed by atoms with E-state index in [4.69, 9.17) is 10.5 Å². The molecule has 1 saturated heterocycles. The highest BCUT2D eigenvalue weighted by Crippen LogP contribution is 2.31. The summed E-state index contributed by atoms with van der Waals surface area (Å²) in [7, 11) is 0. The van der Waals surface area contributed by atoms with Gasteiger partial charge in [0, 0.05) is 31.6 Å². The van der Waals surface area contributed by atoms with Gasteiger partial charge in [-0.15, -0.1) is 24.0 Å². The summed E-state index contributed by atoms with van der Waals surface area (Å²) in [6.07, 6.45) is 3.33. The molecule has 0 bridgehead atoms. The van der Waals surface area contributed by atoms with Crippen molar-refractivity contribution in [2.24, 2.45) is 22.6 Å². The van der Waals surface area contributed by atoms with Gasteiger partial charge < -0.3 is 20.7 Å². The number of benzene rings is 1. The van der Waals surface area contributed by atoms with E-state index in [1.54, 1.807) is 0 Å². The van der Waals surface area contributed by atoms with Crippen LogP contribution in [0.4, 0.5) is 0 Å². The Kier molecular flexibility index (Phi) is 8.47. The van der Waals surface area contributed by atoms with Crippen LogP contribution in [0.5, 0.6) is 5.75 Å². The molecule has 1 fully saturated rings. The fourth-order valence-corrected chi connectivity index (χ4v) is 4.18. The maximum Gasteiger partial charge on any atom is 0.189 e. The predicted octanol–water partition coefficient (Wildman–Crippen LogP) is 3.40. The first-order valence-electron chi connectivity index (χ1n) is 9.62. The minimum absolute atomic E-state index is 0. The lowest BCUT2D eigenvalue weighted by molar-refractivity contribution is 0.140. The van der Waals surface area contributed by atoms with Gasteiger partial charge in [-0.3, -0.25) is 4.99 Å². The Hall–Kier alpha value is -1.02. The van der Waals surface area contributed by atoms with E-state index >= 15 is 0 Å². The zero-order valence-electron chi connectivity index (χ0n) is 16.0. The van der Waals surface area contributed by atoms with Crippen molar-refractivity contribution in [2.45, 2.75) is 39.2 Å². The van der Waals surface area contributed by atoms with Gasteiger partial charge in [-0.1, -0.05) is 32.0 Å². The van der Waals surface area contributed by atoms with E-state index < -0.39 is 0 Å². The number of halogens is 1. The Labute approximate surface area is 174 Å². The molecular formula is C20H33IN4O. The molecule has 146 valence electrons. The predicted molar refractivity (Wildman–Crippen MR) is 118 cm³/mol. The number of nitrogens with zero attached hydrogens (tertiary/aromatic N) is 2. The van der Waals surface area contributed by atoms with E-state index in [9.17, 15) is 0 Å². The van der Waals surface area contributed by atoms with Crippen LogP contribution < -0.4 is 15.8 Å². The number of ether oxygens (including phenoxy) is 1. The Morgan fingerprint density at radius 1 is 1.27 bits per heavy atom. The van der Waals surface area contributed by atoms with Crippen molar-refractivity contribution >= 4 is 29.9 Å². The highest BCUT2D eigenvalue weighted by molar-refractivity contribution is 14.0. The van der Waals surface area contributed by atoms with Crippen molar-refractivity contribution in [1.82, 2.24) is 10.2 Å². The first kappa shape index (κ1) is 21.3. The molecule has 0 saturated carbocycles. The molecule has 3 rings (SSSR count). The average Bonchev–Trinajstić information content (AvgIpc) is 2.58. The molecule has 0 radical (unpaired) electrons. The molecule has 0 spiro atoms. The molecule has 3 atom stereocenters. The van der Waals surface area contributed by atoms with Crippen molar-refractivity contribution in [2.75, 3.05) is 32.8 Å². The zero-order chi connectivity index (χ0) is 17.6. The van der Waals surface area contributed by atoms with Crippen LogP contribution in [0.1, 0.15) is 44.7 Å². The van der Waals surface area contributed by atoms with Crippen LogP contribution in [0.2, 0.25) is 0 Å². The van der Waals surface area contributed by atoms with Crippen LogP contribution >= 0.6 is 24.0 Å². The molecule has 0 amide bonds. The van der Waals surface area contributed by atoms with Gasteiger partial charge in [0.2, 0.25) is 0 Å². The molecule has 0 aliphatic carbocycles. The Bertz CT molecular complexity index is 585. The number of rotatable bonds is 5. The third-order valence-corrected chi connectivity index (χ3v) is 5.14. The molecule has 2 heterocycles. The fraction of sp³-hybridized carbons (Fsp3) is 0.650. The van der Waals surface area contributed by atoms with Crippen LogP contribution in [0.25, 0.3) is 0 Å². The van der Waals surface area contributed by atoms with Crippen molar-refractivity contribution < 1.29 is 4.74 Å². The normalized spacial score (nSPS) is 26.4. The van der Waals surface area contributed by atoms with E-state index in [1.165, 1.54) is 25.1 Å². The van der Waals surface area contributed by atoms with Crippen molar-refractivity contribution in [3.8, 4) is 5.75 Å². The molecule has 3 N–H and O–H groups in total. The van der Waals surface area contributed by atoms with Crippen LogP contribution in [-0.4, -0.2) is 43.6 Å². The molecule has 3 unspecified atom stereocenters. The number of fused-ring (bicyclic) bond motifs is 1. The van der Waals surface area contributed by atoms with Gasteiger partial charge in [-0.25, -0.2) is 0 Å². The highest BCUT2D eigenvalue weighted by atomic mass is 127. The second-order valence-corrected chi connectivity index (χ2v) is 7.70. The molecule has 5 nitrogen and oxygen atoms in total. The minimum Gasteiger partial charge on any atom is -0.493 e. The summed E-state index contributed by atoms with van der Waals surface area (Å²) in [4.78, 5) is 7.11. The van der Waals surface area contributed by atoms with Crippen molar-refractivity contribution in [3.05, 3.63) is 29.8 Å². The van der Waals surface area contributed by atoms with Crippen LogP contribution in [0, 0.1) is 11.8 Å². The molecule has 0 aromatic heterocycles. The van der Waals surface area contributed by atoms with Crippen molar-refractivity contribution in [3.63, 3.8) is 0 Å². The lowest BCUT2D eigenvalue weighted by Gasteiger charge is -2.34. The third kappa shape index (κ3) is 6.01. The first-order chi connectivity index (χ1) is 12.1. The number of likely N-dealkylation sites (tertiary alicyclic amines) is 1. The zero-order valence-corrected chi connectivity index (χ0v) is 18.3. The van der Waals surface area contributed by atoms with E-state index in [0.29, 0.717) is 12.6 Å². The van der Waals surface area contributed by atoms with Gasteiger partial charge >= 0.3 is 0 Å². The molecule has 2 aliphatic heterocycles. The molecule has 1 aromatic rings. The van der Waals surface area contributed by atoms with Crippen molar-refractivity contribution in [1.29, 1.82) is 0 Å². The Balaban J connectivity index is 0.00000243. The second kappa shape index (κ2) is 10.3. The van der Waals surface area contributed by atoms with Gasteiger partial charge in [0.25, 0.3) is 0 Å². The molecule has 26 heavy (non-hydrogen) atoms. The standard InChI is InChI=1S/C20H32N4O.HI/c1-15-12-16(2)14-24(13-15)10-5-9-22-20(21)23-18-8-11-25-19-7-4-3-6-17(18)19;/h3-4,6-7,15-16,18H,5,8-14H2,1-2H3,(H3,21,22,23);1H. The molecule has 2 aliphatic rings. The third-order valence-electron chi connectivity index (χ3n) is 5.14. The lowest BCUT2D eigenvalue weighted by Crippen LogP contribution is -2.39. The summed E-state index contributed by atoms with van der Waals surface area (Å²) < 4.78 is 5.69. The number of nitrogens with two attached hydrogens (primary N) is 1. The summed E-state index contributed by atoms with van der Waals surface area (Å²) in [6, 6.07) is 8.34. The number of nitrogens with one attached hydrogen (secondary N) is 1. The van der Waals surface area contributed by atoms with E-state index in [2.05, 4.69) is 35.1 Å². The van der Waals surface area contributed by atoms with Gasteiger partial charge in [0.15, 0.2) is 5.96 Å². The summed E-state index contributed by atoms with van der Waals surface area (Å²) in [5.41, 5.74) is 7.28. The van der Waals surface area contributed by atoms with Gasteiger partial charge in [0.05, 0.1) is 12.6 Å². The largest absolute Gasteiger partial charge is 0.493 e. The second-order valence-electron chi connectivity index (χ2n) is 7.70. The number of guanidine groups is 1. The molecular weight excluding hydrogens is 439 g/mol. The topological polar surface area (TPSA) is 62.9 Å². The maximum absolute atomic E-state index is 6.11. The van der Waals surface area contributed by atoms with Crippen LogP contribution in [0.15, 0.2) is 29.3 Å². The number of aliphatic imine (C=N–C) groups is 1. The Morgan fingerprint density at radius 2 is 2.00 bits per heavy atom. The highest BCUT2D eigenvalue weighted by Gasteiger charge is 2.22. The fourth-order valence-electron chi connectivity index (χ4n) is 4.18. The minimum atomic E-state index is 0. The maximum atomic E-state index is 6.11. The summed E-state index contributed by atoms with van der Waals surface area (Å²) >= 11 is 0. The van der Waals surface area contributed by atoms with Gasteiger partial charge in [-0.2, -0.15) is 0 Å². The number of hydrogen-bond acceptors (Lipinski definition) is 3.